The summed E-state index contributed by atoms with van der Waals surface area (Å²) in [7, 11) is 1.62. The smallest absolute Gasteiger partial charge is 0.256 e. The largest absolute Gasteiger partial charge is 0.497 e. The van der Waals surface area contributed by atoms with E-state index in [1.165, 1.54) is 0 Å². The van der Waals surface area contributed by atoms with Crippen LogP contribution in [0, 0.1) is 0 Å². The summed E-state index contributed by atoms with van der Waals surface area (Å²) in [6.45, 7) is 0.707. The second kappa shape index (κ2) is 9.49. The minimum absolute atomic E-state index is 0.166. The Bertz CT molecular complexity index is 1170. The van der Waals surface area contributed by atoms with E-state index in [1.54, 1.807) is 36.3 Å². The lowest BCUT2D eigenvalue weighted by atomic mass is 10.1. The lowest BCUT2D eigenvalue weighted by Crippen LogP contribution is -2.30. The second-order valence-corrected chi connectivity index (χ2v) is 7.45. The molecule has 1 amide bonds. The molecule has 5 nitrogen and oxygen atoms in total. The average Bonchev–Trinajstić information content (AvgIpc) is 3.28. The Kier molecular flexibility index (Phi) is 6.34. The van der Waals surface area contributed by atoms with Gasteiger partial charge in [-0.1, -0.05) is 71.4 Å². The molecule has 0 unspecified atom stereocenters. The monoisotopic (exact) mass is 432 g/mol. The van der Waals surface area contributed by atoms with E-state index >= 15 is 0 Å². The first-order valence-corrected chi connectivity index (χ1v) is 10.2. The predicted molar refractivity (Wildman–Crippen MR) is 120 cm³/mol. The van der Waals surface area contributed by atoms with E-state index in [4.69, 9.17) is 20.9 Å². The second-order valence-electron chi connectivity index (χ2n) is 7.04. The van der Waals surface area contributed by atoms with Gasteiger partial charge in [0, 0.05) is 18.2 Å². The first-order chi connectivity index (χ1) is 15.1. The Labute approximate surface area is 185 Å². The molecule has 0 N–H and O–H groups in total. The van der Waals surface area contributed by atoms with E-state index in [0.717, 1.165) is 16.9 Å². The number of hydrogen-bond acceptors (Lipinski definition) is 4. The Morgan fingerprint density at radius 3 is 2.52 bits per heavy atom. The van der Waals surface area contributed by atoms with Crippen LogP contribution in [-0.4, -0.2) is 23.1 Å². The number of carbonyl (C=O) groups is 1. The number of carbonyl (C=O) groups excluding carboxylic acids is 1. The van der Waals surface area contributed by atoms with Gasteiger partial charge in [-0.15, -0.1) is 0 Å². The van der Waals surface area contributed by atoms with Crippen molar-refractivity contribution in [3.05, 3.63) is 107 Å². The molecule has 0 radical (unpaired) electrons. The van der Waals surface area contributed by atoms with E-state index in [0.29, 0.717) is 28.6 Å². The minimum Gasteiger partial charge on any atom is -0.497 e. The molecule has 0 aliphatic rings. The molecule has 3 aromatic carbocycles. The summed E-state index contributed by atoms with van der Waals surface area (Å²) in [5.74, 6) is 1.18. The fourth-order valence-electron chi connectivity index (χ4n) is 3.30. The summed E-state index contributed by atoms with van der Waals surface area (Å²) in [5, 5.41) is 4.60. The lowest BCUT2D eigenvalue weighted by molar-refractivity contribution is 0.0726. The fraction of sp³-hybridized carbons (Fsp3) is 0.120. The molecule has 0 saturated carbocycles. The lowest BCUT2D eigenvalue weighted by Gasteiger charge is -2.22. The van der Waals surface area contributed by atoms with Crippen LogP contribution in [0.25, 0.3) is 11.3 Å². The maximum absolute atomic E-state index is 13.3. The van der Waals surface area contributed by atoms with E-state index in [9.17, 15) is 4.79 Å². The average molecular weight is 433 g/mol. The molecular weight excluding hydrogens is 412 g/mol. The number of amides is 1. The summed E-state index contributed by atoms with van der Waals surface area (Å²) >= 11 is 6.29. The summed E-state index contributed by atoms with van der Waals surface area (Å²) in [4.78, 5) is 15.0. The van der Waals surface area contributed by atoms with Crippen LogP contribution < -0.4 is 4.74 Å². The van der Waals surface area contributed by atoms with Crippen LogP contribution in [0.2, 0.25) is 5.02 Å². The normalized spacial score (nSPS) is 10.6. The molecule has 0 fully saturated rings. The standard InChI is InChI=1S/C25H21ClN2O3/c1-30-21-11-7-10-19(14-21)24-15-20(27-31-24)17-28(16-18-8-3-2-4-9-18)25(29)22-12-5-6-13-23(22)26/h2-15H,16-17H2,1H3. The third-order valence-corrected chi connectivity index (χ3v) is 5.20. The molecule has 6 heteroatoms. The van der Waals surface area contributed by atoms with Crippen LogP contribution >= 0.6 is 11.6 Å². The number of halogens is 1. The van der Waals surface area contributed by atoms with Gasteiger partial charge >= 0.3 is 0 Å². The van der Waals surface area contributed by atoms with Gasteiger partial charge in [-0.25, -0.2) is 0 Å². The molecule has 1 aromatic heterocycles. The van der Waals surface area contributed by atoms with Crippen molar-refractivity contribution >= 4 is 17.5 Å². The van der Waals surface area contributed by atoms with E-state index in [-0.39, 0.29) is 12.5 Å². The summed E-state index contributed by atoms with van der Waals surface area (Å²) in [6, 6.07) is 26.3. The number of nitrogens with zero attached hydrogens (tertiary/aromatic N) is 2. The van der Waals surface area contributed by atoms with E-state index in [1.807, 2.05) is 60.7 Å². The van der Waals surface area contributed by atoms with Crippen molar-refractivity contribution in [3.63, 3.8) is 0 Å². The molecule has 0 saturated heterocycles. The Hall–Kier alpha value is -3.57. The highest BCUT2D eigenvalue weighted by Gasteiger charge is 2.21. The van der Waals surface area contributed by atoms with Gasteiger partial charge in [0.05, 0.1) is 24.2 Å². The Morgan fingerprint density at radius 1 is 0.968 bits per heavy atom. The highest BCUT2D eigenvalue weighted by atomic mass is 35.5. The molecule has 4 aromatic rings. The van der Waals surface area contributed by atoms with Crippen molar-refractivity contribution in [1.29, 1.82) is 0 Å². The van der Waals surface area contributed by atoms with Gasteiger partial charge < -0.3 is 14.2 Å². The Balaban J connectivity index is 1.61. The number of aromatic nitrogens is 1. The van der Waals surface area contributed by atoms with Crippen LogP contribution in [0.4, 0.5) is 0 Å². The molecule has 0 bridgehead atoms. The van der Waals surface area contributed by atoms with Gasteiger partial charge in [0.25, 0.3) is 5.91 Å². The van der Waals surface area contributed by atoms with Crippen molar-refractivity contribution in [1.82, 2.24) is 10.1 Å². The molecule has 0 atom stereocenters. The number of ether oxygens (including phenoxy) is 1. The number of hydrogen-bond donors (Lipinski definition) is 0. The number of methoxy groups -OCH3 is 1. The first kappa shape index (κ1) is 20.7. The highest BCUT2D eigenvalue weighted by molar-refractivity contribution is 6.33. The summed E-state index contributed by atoms with van der Waals surface area (Å²) in [6.07, 6.45) is 0. The van der Waals surface area contributed by atoms with Crippen LogP contribution in [-0.2, 0) is 13.1 Å². The van der Waals surface area contributed by atoms with Crippen molar-refractivity contribution in [2.45, 2.75) is 13.1 Å². The van der Waals surface area contributed by atoms with Crippen LogP contribution in [0.3, 0.4) is 0 Å². The Morgan fingerprint density at radius 2 is 1.74 bits per heavy atom. The highest BCUT2D eigenvalue weighted by Crippen LogP contribution is 2.26. The molecule has 0 aliphatic heterocycles. The van der Waals surface area contributed by atoms with Gasteiger partial charge in [0.2, 0.25) is 0 Å². The fourth-order valence-corrected chi connectivity index (χ4v) is 3.52. The third-order valence-electron chi connectivity index (χ3n) is 4.87. The quantitative estimate of drug-likeness (QED) is 0.367. The number of benzene rings is 3. The third kappa shape index (κ3) is 4.95. The van der Waals surface area contributed by atoms with Gasteiger partial charge in [-0.3, -0.25) is 4.79 Å². The molecule has 1 heterocycles. The molecular formula is C25H21ClN2O3. The predicted octanol–water partition coefficient (Wildman–Crippen LogP) is 5.85. The van der Waals surface area contributed by atoms with Gasteiger partial charge in [-0.2, -0.15) is 0 Å². The SMILES string of the molecule is COc1cccc(-c2cc(CN(Cc3ccccc3)C(=O)c3ccccc3Cl)no2)c1. The van der Waals surface area contributed by atoms with Crippen molar-refractivity contribution < 1.29 is 14.1 Å². The molecule has 0 aliphatic carbocycles. The van der Waals surface area contributed by atoms with Crippen molar-refractivity contribution in [3.8, 4) is 17.1 Å². The van der Waals surface area contributed by atoms with Crippen LogP contribution in [0.15, 0.2) is 89.5 Å². The zero-order valence-electron chi connectivity index (χ0n) is 17.0. The van der Waals surface area contributed by atoms with Crippen LogP contribution in [0.5, 0.6) is 5.75 Å². The van der Waals surface area contributed by atoms with Crippen molar-refractivity contribution in [2.75, 3.05) is 7.11 Å². The number of rotatable bonds is 7. The van der Waals surface area contributed by atoms with Gasteiger partial charge in [0.15, 0.2) is 5.76 Å². The zero-order valence-corrected chi connectivity index (χ0v) is 17.8. The first-order valence-electron chi connectivity index (χ1n) is 9.82. The van der Waals surface area contributed by atoms with Crippen molar-refractivity contribution in [2.24, 2.45) is 0 Å². The molecule has 156 valence electrons. The molecule has 31 heavy (non-hydrogen) atoms. The maximum Gasteiger partial charge on any atom is 0.256 e. The summed E-state index contributed by atoms with van der Waals surface area (Å²) < 4.78 is 10.8. The topological polar surface area (TPSA) is 55.6 Å². The van der Waals surface area contributed by atoms with Gasteiger partial charge in [0.1, 0.15) is 11.4 Å². The van der Waals surface area contributed by atoms with E-state index in [2.05, 4.69) is 5.16 Å². The summed E-state index contributed by atoms with van der Waals surface area (Å²) in [5.41, 5.74) is 2.97. The minimum atomic E-state index is -0.166. The van der Waals surface area contributed by atoms with E-state index < -0.39 is 0 Å². The van der Waals surface area contributed by atoms with Crippen LogP contribution in [0.1, 0.15) is 21.6 Å². The zero-order chi connectivity index (χ0) is 21.6. The van der Waals surface area contributed by atoms with Gasteiger partial charge in [-0.05, 0) is 29.8 Å². The molecule has 0 spiro atoms. The maximum atomic E-state index is 13.3. The molecule has 4 rings (SSSR count).